The lowest BCUT2D eigenvalue weighted by Gasteiger charge is -2.40. The summed E-state index contributed by atoms with van der Waals surface area (Å²) in [6.45, 7) is 15.9. The number of nitrogens with zero attached hydrogens (tertiary/aromatic N) is 2. The van der Waals surface area contributed by atoms with Crippen molar-refractivity contribution in [1.82, 2.24) is 15.2 Å². The van der Waals surface area contributed by atoms with Crippen LogP contribution in [-0.4, -0.2) is 77.9 Å². The second kappa shape index (κ2) is 11.1. The van der Waals surface area contributed by atoms with Crippen molar-refractivity contribution in [3.8, 4) is 11.6 Å². The fourth-order valence-electron chi connectivity index (χ4n) is 7.02. The highest BCUT2D eigenvalue weighted by molar-refractivity contribution is 7.93. The molecule has 2 aromatic rings. The van der Waals surface area contributed by atoms with Gasteiger partial charge in [-0.1, -0.05) is 39.8 Å². The van der Waals surface area contributed by atoms with Crippen LogP contribution < -0.4 is 14.8 Å². The second-order valence-corrected chi connectivity index (χ2v) is 16.7. The molecule has 0 radical (unpaired) electrons. The number of carbonyl (C=O) groups excluding carboxylic acids is 2. The van der Waals surface area contributed by atoms with Crippen LogP contribution in [0.25, 0.3) is 10.8 Å². The van der Waals surface area contributed by atoms with E-state index in [0.29, 0.717) is 44.7 Å². The van der Waals surface area contributed by atoms with Gasteiger partial charge in [-0.25, -0.2) is 13.4 Å². The third kappa shape index (κ3) is 5.64. The Kier molecular flexibility index (Phi) is 7.84. The van der Waals surface area contributed by atoms with Gasteiger partial charge in [0.1, 0.15) is 23.1 Å². The largest absolute Gasteiger partial charge is 0.492 e. The summed E-state index contributed by atoms with van der Waals surface area (Å²) in [6.07, 6.45) is 5.93. The van der Waals surface area contributed by atoms with E-state index in [1.165, 1.54) is 5.56 Å². The van der Waals surface area contributed by atoms with E-state index in [4.69, 9.17) is 9.47 Å². The fourth-order valence-corrected chi connectivity index (χ4v) is 8.73. The normalized spacial score (nSPS) is 28.2. The quantitative estimate of drug-likeness (QED) is 0.369. The predicted octanol–water partition coefficient (Wildman–Crippen LogP) is 4.27. The molecular formula is C34H45N3O6S. The number of ether oxygens (including phenoxy) is 2. The SMILES string of the molecule is C=C[C@@H]1C[C@]1(NC(=O)[C@@H]1C[C@@H](Oc2nccc3c4c(ccc23)CCO4)CN1C(C)[C@@H](C)C(C)(C)C)C(=O)CS(=O)(=O)C1CC1. The van der Waals surface area contributed by atoms with Crippen LogP contribution in [0.4, 0.5) is 0 Å². The van der Waals surface area contributed by atoms with Gasteiger partial charge in [-0.3, -0.25) is 14.5 Å². The lowest BCUT2D eigenvalue weighted by atomic mass is 9.77. The third-order valence-electron chi connectivity index (χ3n) is 10.6. The molecule has 6 rings (SSSR count). The summed E-state index contributed by atoms with van der Waals surface area (Å²) < 4.78 is 37.9. The first-order valence-corrected chi connectivity index (χ1v) is 17.6. The molecule has 0 bridgehead atoms. The van der Waals surface area contributed by atoms with Gasteiger partial charge in [0.2, 0.25) is 11.8 Å². The Morgan fingerprint density at radius 1 is 1.23 bits per heavy atom. The molecule has 1 saturated heterocycles. The average Bonchev–Trinajstić information content (AvgIpc) is 3.85. The number of ketones is 1. The Hall–Kier alpha value is -2.98. The van der Waals surface area contributed by atoms with Crippen LogP contribution in [0, 0.1) is 17.3 Å². The predicted molar refractivity (Wildman–Crippen MR) is 170 cm³/mol. The summed E-state index contributed by atoms with van der Waals surface area (Å²) in [5.74, 6) is 0.0911. The molecule has 1 N–H and O–H groups in total. The Bertz CT molecular complexity index is 1600. The van der Waals surface area contributed by atoms with E-state index < -0.39 is 38.2 Å². The number of sulfone groups is 1. The van der Waals surface area contributed by atoms with Crippen molar-refractivity contribution < 1.29 is 27.5 Å². The third-order valence-corrected chi connectivity index (χ3v) is 12.7. The van der Waals surface area contributed by atoms with Crippen LogP contribution in [0.2, 0.25) is 0 Å². The number of likely N-dealkylation sites (tertiary alicyclic amines) is 1. The maximum Gasteiger partial charge on any atom is 0.238 e. The van der Waals surface area contributed by atoms with Gasteiger partial charge in [0.15, 0.2) is 15.6 Å². The number of nitrogens with one attached hydrogen (secondary N) is 1. The minimum Gasteiger partial charge on any atom is -0.492 e. The van der Waals surface area contributed by atoms with E-state index in [1.54, 1.807) is 12.3 Å². The highest BCUT2D eigenvalue weighted by Crippen LogP contribution is 2.47. The number of pyridine rings is 1. The number of carbonyl (C=O) groups is 2. The molecule has 44 heavy (non-hydrogen) atoms. The van der Waals surface area contributed by atoms with Crippen LogP contribution in [0.15, 0.2) is 37.1 Å². The molecule has 3 heterocycles. The van der Waals surface area contributed by atoms with Gasteiger partial charge in [0, 0.05) is 48.3 Å². The number of aromatic nitrogens is 1. The molecule has 2 aliphatic heterocycles. The van der Waals surface area contributed by atoms with Crippen LogP contribution >= 0.6 is 0 Å². The summed E-state index contributed by atoms with van der Waals surface area (Å²) in [5.41, 5.74) is -0.0489. The zero-order valence-electron chi connectivity index (χ0n) is 26.5. The summed E-state index contributed by atoms with van der Waals surface area (Å²) >= 11 is 0. The number of rotatable bonds is 11. The first kappa shape index (κ1) is 31.0. The Morgan fingerprint density at radius 3 is 2.64 bits per heavy atom. The smallest absolute Gasteiger partial charge is 0.238 e. The van der Waals surface area contributed by atoms with E-state index >= 15 is 0 Å². The fraction of sp³-hybridized carbons (Fsp3) is 0.618. The van der Waals surface area contributed by atoms with Gasteiger partial charge < -0.3 is 14.8 Å². The van der Waals surface area contributed by atoms with Gasteiger partial charge in [0.25, 0.3) is 0 Å². The molecule has 10 heteroatoms. The molecule has 2 aliphatic carbocycles. The minimum atomic E-state index is -3.51. The monoisotopic (exact) mass is 623 g/mol. The molecule has 0 spiro atoms. The number of fused-ring (bicyclic) bond motifs is 3. The first-order chi connectivity index (χ1) is 20.7. The van der Waals surface area contributed by atoms with Crippen molar-refractivity contribution in [1.29, 1.82) is 0 Å². The van der Waals surface area contributed by atoms with Crippen molar-refractivity contribution in [2.24, 2.45) is 17.3 Å². The zero-order valence-corrected chi connectivity index (χ0v) is 27.3. The van der Waals surface area contributed by atoms with Crippen LogP contribution in [0.3, 0.4) is 0 Å². The van der Waals surface area contributed by atoms with Gasteiger partial charge >= 0.3 is 0 Å². The maximum atomic E-state index is 14.1. The topological polar surface area (TPSA) is 115 Å². The van der Waals surface area contributed by atoms with Crippen molar-refractivity contribution in [3.05, 3.63) is 42.6 Å². The molecule has 6 atom stereocenters. The number of Topliss-reactive ketones (excluding diaryl/α,β-unsaturated/α-hetero) is 1. The van der Waals surface area contributed by atoms with Gasteiger partial charge in [-0.2, -0.15) is 0 Å². The number of benzene rings is 1. The first-order valence-electron chi connectivity index (χ1n) is 15.9. The molecule has 9 nitrogen and oxygen atoms in total. The molecule has 1 unspecified atom stereocenters. The molecule has 1 aromatic carbocycles. The second-order valence-electron chi connectivity index (χ2n) is 14.4. The Balaban J connectivity index is 1.25. The van der Waals surface area contributed by atoms with E-state index in [-0.39, 0.29) is 35.3 Å². The van der Waals surface area contributed by atoms with Crippen LogP contribution in [-0.2, 0) is 25.8 Å². The van der Waals surface area contributed by atoms with Crippen molar-refractivity contribution in [2.45, 2.75) is 95.7 Å². The number of hydrogen-bond acceptors (Lipinski definition) is 8. The summed E-state index contributed by atoms with van der Waals surface area (Å²) in [5, 5.41) is 4.45. The molecule has 3 fully saturated rings. The molecule has 2 saturated carbocycles. The Morgan fingerprint density at radius 2 is 1.98 bits per heavy atom. The van der Waals surface area contributed by atoms with Gasteiger partial charge in [-0.15, -0.1) is 6.58 Å². The molecule has 1 amide bonds. The standard InChI is InChI=1S/C34H45N3O6S/c1-7-23-17-34(23,29(38)19-44(40,41)25-9-10-25)36-31(39)28-16-24(18-37(28)21(3)20(2)33(4,5)6)43-32-27-11-8-22-13-15-42-30(22)26(27)12-14-35-32/h7-8,11-12,14,20-21,23-25,28H,1,9-10,13,15-19H2,2-6H3,(H,36,39)/t20-,21?,23-,24-,28+,34-/m1/s1. The summed E-state index contributed by atoms with van der Waals surface area (Å²) in [6, 6.07) is 5.52. The van der Waals surface area contributed by atoms with E-state index in [0.717, 1.165) is 22.9 Å². The van der Waals surface area contributed by atoms with Gasteiger partial charge in [-0.05, 0) is 55.2 Å². The lowest BCUT2D eigenvalue weighted by Crippen LogP contribution is -2.55. The minimum absolute atomic E-state index is 0.00423. The zero-order chi connectivity index (χ0) is 31.6. The highest BCUT2D eigenvalue weighted by Gasteiger charge is 2.61. The van der Waals surface area contributed by atoms with E-state index in [1.807, 2.05) is 12.1 Å². The summed E-state index contributed by atoms with van der Waals surface area (Å²) in [7, 11) is -3.51. The van der Waals surface area contributed by atoms with Crippen molar-refractivity contribution >= 4 is 32.3 Å². The lowest BCUT2D eigenvalue weighted by molar-refractivity contribution is -0.131. The van der Waals surface area contributed by atoms with E-state index in [2.05, 4.69) is 62.5 Å². The molecule has 1 aromatic heterocycles. The maximum absolute atomic E-state index is 14.1. The van der Waals surface area contributed by atoms with Crippen molar-refractivity contribution in [3.63, 3.8) is 0 Å². The molecule has 238 valence electrons. The molecular weight excluding hydrogens is 578 g/mol. The number of amides is 1. The molecule has 4 aliphatic rings. The van der Waals surface area contributed by atoms with E-state index in [9.17, 15) is 18.0 Å². The van der Waals surface area contributed by atoms with Crippen LogP contribution in [0.1, 0.15) is 65.9 Å². The summed E-state index contributed by atoms with van der Waals surface area (Å²) in [4.78, 5) is 34.3. The number of hydrogen-bond donors (Lipinski definition) is 1. The Labute approximate surface area is 260 Å². The van der Waals surface area contributed by atoms with Gasteiger partial charge in [0.05, 0.1) is 17.9 Å². The highest BCUT2D eigenvalue weighted by atomic mass is 32.2. The average molecular weight is 624 g/mol. The van der Waals surface area contributed by atoms with Crippen molar-refractivity contribution in [2.75, 3.05) is 18.9 Å². The van der Waals surface area contributed by atoms with Crippen LogP contribution in [0.5, 0.6) is 11.6 Å².